The molecular weight excluding hydrogens is 328 g/mol. The van der Waals surface area contributed by atoms with Crippen LogP contribution in [0.1, 0.15) is 38.2 Å². The molecule has 1 aromatic carbocycles. The van der Waals surface area contributed by atoms with Gasteiger partial charge in [-0.25, -0.2) is 0 Å². The van der Waals surface area contributed by atoms with Gasteiger partial charge in [-0.15, -0.1) is 0 Å². The normalized spacial score (nSPS) is 14.4. The fraction of sp³-hybridized carbons (Fsp3) is 0.647. The summed E-state index contributed by atoms with van der Waals surface area (Å²) in [4.78, 5) is 2.58. The van der Waals surface area contributed by atoms with Gasteiger partial charge in [-0.05, 0) is 37.0 Å². The molecule has 21 heavy (non-hydrogen) atoms. The molecule has 0 heterocycles. The van der Waals surface area contributed by atoms with Gasteiger partial charge in [-0.2, -0.15) is 0 Å². The minimum Gasteiger partial charge on any atom is -0.383 e. The highest BCUT2D eigenvalue weighted by atomic mass is 79.9. The van der Waals surface area contributed by atoms with E-state index in [1.165, 1.54) is 48.0 Å². The molecule has 1 aliphatic carbocycles. The Bertz CT molecular complexity index is 435. The van der Waals surface area contributed by atoms with E-state index in [9.17, 15) is 0 Å². The van der Waals surface area contributed by atoms with Crippen LogP contribution in [0.5, 0.6) is 0 Å². The first-order valence-electron chi connectivity index (χ1n) is 8.01. The maximum Gasteiger partial charge on any atom is 0.0587 e. The van der Waals surface area contributed by atoms with Crippen LogP contribution < -0.4 is 10.2 Å². The molecule has 0 radical (unpaired) electrons. The van der Waals surface area contributed by atoms with Crippen molar-refractivity contribution in [3.63, 3.8) is 0 Å². The predicted molar refractivity (Wildman–Crippen MR) is 93.0 cm³/mol. The summed E-state index contributed by atoms with van der Waals surface area (Å²) >= 11 is 3.72. The van der Waals surface area contributed by atoms with Crippen molar-refractivity contribution in [2.45, 2.75) is 45.2 Å². The molecule has 0 aliphatic heterocycles. The van der Waals surface area contributed by atoms with Gasteiger partial charge < -0.3 is 15.0 Å². The second-order valence-corrected chi connectivity index (χ2v) is 6.58. The number of halogens is 1. The Morgan fingerprint density at radius 1 is 1.38 bits per heavy atom. The predicted octanol–water partition coefficient (Wildman–Crippen LogP) is 3.95. The minimum atomic E-state index is 0.752. The van der Waals surface area contributed by atoms with Crippen LogP contribution in [0.25, 0.3) is 0 Å². The van der Waals surface area contributed by atoms with Gasteiger partial charge in [0.05, 0.1) is 6.61 Å². The minimum absolute atomic E-state index is 0.752. The molecule has 2 rings (SSSR count). The lowest BCUT2D eigenvalue weighted by Gasteiger charge is -2.25. The zero-order valence-corrected chi connectivity index (χ0v) is 14.8. The van der Waals surface area contributed by atoms with Crippen molar-refractivity contribution in [1.29, 1.82) is 0 Å². The third-order valence-electron chi connectivity index (χ3n) is 3.91. The lowest BCUT2D eigenvalue weighted by Crippen LogP contribution is -2.26. The van der Waals surface area contributed by atoms with Gasteiger partial charge in [0, 0.05) is 42.9 Å². The van der Waals surface area contributed by atoms with Crippen molar-refractivity contribution in [1.82, 2.24) is 5.32 Å². The Hall–Kier alpha value is -0.580. The van der Waals surface area contributed by atoms with Crippen molar-refractivity contribution in [3.05, 3.63) is 28.2 Å². The molecule has 1 N–H and O–H groups in total. The molecular formula is C17H27BrN2O. The average molecular weight is 355 g/mol. The molecule has 1 aromatic rings. The molecule has 0 atom stereocenters. The largest absolute Gasteiger partial charge is 0.383 e. The number of ether oxygens (including phenoxy) is 1. The molecule has 1 saturated carbocycles. The molecule has 0 amide bonds. The van der Waals surface area contributed by atoms with Crippen molar-refractivity contribution < 1.29 is 4.74 Å². The summed E-state index contributed by atoms with van der Waals surface area (Å²) in [6.07, 6.45) is 5.23. The lowest BCUT2D eigenvalue weighted by atomic mass is 10.1. The standard InChI is InChI=1S/C17H27BrN2O/c1-3-4-10-20(15-7-8-15)16-6-5-14(17(18)12-16)13-19-9-11-21-2/h5-6,12,15,19H,3-4,7-11,13H2,1-2H3. The number of nitrogens with one attached hydrogen (secondary N) is 1. The first kappa shape index (κ1) is 16.8. The number of hydrogen-bond donors (Lipinski definition) is 1. The molecule has 1 aliphatic rings. The molecule has 0 spiro atoms. The van der Waals surface area contributed by atoms with Crippen LogP contribution in [0.2, 0.25) is 0 Å². The van der Waals surface area contributed by atoms with Crippen LogP contribution >= 0.6 is 15.9 Å². The monoisotopic (exact) mass is 354 g/mol. The van der Waals surface area contributed by atoms with Crippen molar-refractivity contribution in [2.24, 2.45) is 0 Å². The smallest absolute Gasteiger partial charge is 0.0587 e. The Morgan fingerprint density at radius 3 is 2.81 bits per heavy atom. The molecule has 0 bridgehead atoms. The molecule has 1 fully saturated rings. The molecule has 118 valence electrons. The third-order valence-corrected chi connectivity index (χ3v) is 4.65. The summed E-state index contributed by atoms with van der Waals surface area (Å²) in [6, 6.07) is 7.56. The topological polar surface area (TPSA) is 24.5 Å². The summed E-state index contributed by atoms with van der Waals surface area (Å²) in [6.45, 7) is 5.95. The van der Waals surface area contributed by atoms with E-state index < -0.39 is 0 Å². The van der Waals surface area contributed by atoms with E-state index in [0.29, 0.717) is 0 Å². The first-order valence-corrected chi connectivity index (χ1v) is 8.80. The van der Waals surface area contributed by atoms with Crippen LogP contribution in [-0.2, 0) is 11.3 Å². The number of unbranched alkanes of at least 4 members (excludes halogenated alkanes) is 1. The number of methoxy groups -OCH3 is 1. The lowest BCUT2D eigenvalue weighted by molar-refractivity contribution is 0.199. The van der Waals surface area contributed by atoms with Gasteiger partial charge in [0.25, 0.3) is 0 Å². The van der Waals surface area contributed by atoms with E-state index in [1.54, 1.807) is 7.11 Å². The zero-order chi connectivity index (χ0) is 15.1. The van der Waals surface area contributed by atoms with Crippen LogP contribution in [0.15, 0.2) is 22.7 Å². The SMILES string of the molecule is CCCCN(c1ccc(CNCCOC)c(Br)c1)C1CC1. The molecule has 3 nitrogen and oxygen atoms in total. The number of benzene rings is 1. The molecule has 4 heteroatoms. The zero-order valence-electron chi connectivity index (χ0n) is 13.2. The van der Waals surface area contributed by atoms with Gasteiger partial charge in [-0.1, -0.05) is 35.3 Å². The van der Waals surface area contributed by atoms with Crippen molar-refractivity contribution in [3.8, 4) is 0 Å². The number of rotatable bonds is 10. The maximum absolute atomic E-state index is 5.05. The Kier molecular flexibility index (Phi) is 7.00. The summed E-state index contributed by atoms with van der Waals surface area (Å²) < 4.78 is 6.25. The Balaban J connectivity index is 1.96. The summed E-state index contributed by atoms with van der Waals surface area (Å²) in [5.41, 5.74) is 2.67. The molecule has 0 aromatic heterocycles. The van der Waals surface area contributed by atoms with Crippen molar-refractivity contribution in [2.75, 3.05) is 31.7 Å². The average Bonchev–Trinajstić information content (AvgIpc) is 3.30. The first-order chi connectivity index (χ1) is 10.3. The number of anilines is 1. The molecule has 0 unspecified atom stereocenters. The van der Waals surface area contributed by atoms with Gasteiger partial charge in [-0.3, -0.25) is 0 Å². The van der Waals surface area contributed by atoms with E-state index in [4.69, 9.17) is 4.74 Å². The highest BCUT2D eigenvalue weighted by Crippen LogP contribution is 2.34. The van der Waals surface area contributed by atoms with Crippen LogP contribution in [-0.4, -0.2) is 32.8 Å². The van der Waals surface area contributed by atoms with E-state index in [-0.39, 0.29) is 0 Å². The summed E-state index contributed by atoms with van der Waals surface area (Å²) in [7, 11) is 1.73. The van der Waals surface area contributed by atoms with Gasteiger partial charge >= 0.3 is 0 Å². The highest BCUT2D eigenvalue weighted by molar-refractivity contribution is 9.10. The second kappa shape index (κ2) is 8.76. The van der Waals surface area contributed by atoms with E-state index in [0.717, 1.165) is 25.7 Å². The van der Waals surface area contributed by atoms with E-state index in [2.05, 4.69) is 51.3 Å². The van der Waals surface area contributed by atoms with Crippen LogP contribution in [0.4, 0.5) is 5.69 Å². The van der Waals surface area contributed by atoms with Crippen LogP contribution in [0, 0.1) is 0 Å². The van der Waals surface area contributed by atoms with Crippen molar-refractivity contribution >= 4 is 21.6 Å². The highest BCUT2D eigenvalue weighted by Gasteiger charge is 2.28. The van der Waals surface area contributed by atoms with Gasteiger partial charge in [0.2, 0.25) is 0 Å². The third kappa shape index (κ3) is 5.28. The number of hydrogen-bond acceptors (Lipinski definition) is 3. The maximum atomic E-state index is 5.05. The van der Waals surface area contributed by atoms with Gasteiger partial charge in [0.1, 0.15) is 0 Å². The second-order valence-electron chi connectivity index (χ2n) is 5.72. The fourth-order valence-electron chi connectivity index (χ4n) is 2.49. The fourth-order valence-corrected chi connectivity index (χ4v) is 3.00. The summed E-state index contributed by atoms with van der Waals surface area (Å²) in [5, 5.41) is 3.39. The Morgan fingerprint density at radius 2 is 2.19 bits per heavy atom. The quantitative estimate of drug-likeness (QED) is 0.643. The van der Waals surface area contributed by atoms with E-state index >= 15 is 0 Å². The number of nitrogens with zero attached hydrogens (tertiary/aromatic N) is 1. The van der Waals surface area contributed by atoms with Gasteiger partial charge in [0.15, 0.2) is 0 Å². The van der Waals surface area contributed by atoms with Crippen LogP contribution in [0.3, 0.4) is 0 Å². The van der Waals surface area contributed by atoms with E-state index in [1.807, 2.05) is 0 Å². The Labute approximate surface area is 137 Å². The molecule has 0 saturated heterocycles. The summed E-state index contributed by atoms with van der Waals surface area (Å²) in [5.74, 6) is 0.